The molecule has 2 aromatic rings. The molecule has 0 fully saturated rings. The normalized spacial score (nSPS) is 10.1. The summed E-state index contributed by atoms with van der Waals surface area (Å²) in [6, 6.07) is 0. The van der Waals surface area contributed by atoms with Crippen LogP contribution in [0.3, 0.4) is 0 Å². The average Bonchev–Trinajstić information content (AvgIpc) is 2.20. The number of hydrogen-bond donors (Lipinski definition) is 0. The van der Waals surface area contributed by atoms with Gasteiger partial charge in [0.1, 0.15) is 11.4 Å². The molecule has 0 radical (unpaired) electrons. The molecule has 0 bridgehead atoms. The zero-order valence-electron chi connectivity index (χ0n) is 7.48. The average molecular weight is 207 g/mol. The van der Waals surface area contributed by atoms with Gasteiger partial charge < -0.3 is 0 Å². The Morgan fingerprint density at radius 1 is 0.857 bits per heavy atom. The van der Waals surface area contributed by atoms with Crippen LogP contribution < -0.4 is 0 Å². The standard InChI is InChI=1S/C9H7ClN4/c1-6-7(12-3-2-11-6)8-9(10)14-5-4-13-8/h2-5H,1H3. The van der Waals surface area contributed by atoms with Crippen LogP contribution in [0.1, 0.15) is 5.69 Å². The smallest absolute Gasteiger partial charge is 0.156 e. The Morgan fingerprint density at radius 2 is 1.43 bits per heavy atom. The lowest BCUT2D eigenvalue weighted by Gasteiger charge is -2.02. The first-order valence-corrected chi connectivity index (χ1v) is 4.41. The summed E-state index contributed by atoms with van der Waals surface area (Å²) >= 11 is 5.89. The summed E-state index contributed by atoms with van der Waals surface area (Å²) in [5, 5.41) is 0.344. The number of rotatable bonds is 1. The van der Waals surface area contributed by atoms with E-state index < -0.39 is 0 Å². The SMILES string of the molecule is Cc1nccnc1-c1nccnc1Cl. The van der Waals surface area contributed by atoms with E-state index in [9.17, 15) is 0 Å². The highest BCUT2D eigenvalue weighted by atomic mass is 35.5. The molecule has 4 nitrogen and oxygen atoms in total. The van der Waals surface area contributed by atoms with Gasteiger partial charge in [0.05, 0.1) is 5.69 Å². The van der Waals surface area contributed by atoms with E-state index in [1.165, 1.54) is 6.20 Å². The minimum atomic E-state index is 0.344. The molecule has 2 heterocycles. The second-order valence-electron chi connectivity index (χ2n) is 2.69. The molecular formula is C9H7ClN4. The Kier molecular flexibility index (Phi) is 2.37. The van der Waals surface area contributed by atoms with Crippen LogP contribution in [0.15, 0.2) is 24.8 Å². The van der Waals surface area contributed by atoms with E-state index in [2.05, 4.69) is 19.9 Å². The maximum Gasteiger partial charge on any atom is 0.156 e. The van der Waals surface area contributed by atoms with Crippen molar-refractivity contribution in [3.8, 4) is 11.4 Å². The van der Waals surface area contributed by atoms with Gasteiger partial charge in [0.15, 0.2) is 5.15 Å². The molecule has 0 unspecified atom stereocenters. The van der Waals surface area contributed by atoms with Crippen molar-refractivity contribution in [3.05, 3.63) is 35.6 Å². The van der Waals surface area contributed by atoms with Gasteiger partial charge >= 0.3 is 0 Å². The second kappa shape index (κ2) is 3.67. The molecule has 0 atom stereocenters. The highest BCUT2D eigenvalue weighted by Crippen LogP contribution is 2.22. The third-order valence-electron chi connectivity index (χ3n) is 1.76. The molecule has 14 heavy (non-hydrogen) atoms. The molecule has 2 rings (SSSR count). The molecule has 0 N–H and O–H groups in total. The van der Waals surface area contributed by atoms with Gasteiger partial charge in [-0.25, -0.2) is 9.97 Å². The summed E-state index contributed by atoms with van der Waals surface area (Å²) in [4.78, 5) is 16.3. The van der Waals surface area contributed by atoms with Gasteiger partial charge in [0.2, 0.25) is 0 Å². The molecule has 0 saturated carbocycles. The highest BCUT2D eigenvalue weighted by molar-refractivity contribution is 6.31. The highest BCUT2D eigenvalue weighted by Gasteiger charge is 2.09. The zero-order chi connectivity index (χ0) is 9.97. The lowest BCUT2D eigenvalue weighted by molar-refractivity contribution is 1.09. The van der Waals surface area contributed by atoms with Crippen LogP contribution in [0, 0.1) is 6.92 Å². The quantitative estimate of drug-likeness (QED) is 0.715. The van der Waals surface area contributed by atoms with Crippen LogP contribution in [0.25, 0.3) is 11.4 Å². The number of nitrogens with zero attached hydrogens (tertiary/aromatic N) is 4. The molecule has 0 aromatic carbocycles. The van der Waals surface area contributed by atoms with Gasteiger partial charge in [0, 0.05) is 24.8 Å². The summed E-state index contributed by atoms with van der Waals surface area (Å²) in [6.45, 7) is 1.85. The second-order valence-corrected chi connectivity index (χ2v) is 3.04. The molecule has 0 amide bonds. The third-order valence-corrected chi connectivity index (χ3v) is 2.04. The zero-order valence-corrected chi connectivity index (χ0v) is 8.23. The van der Waals surface area contributed by atoms with Crippen molar-refractivity contribution in [1.82, 2.24) is 19.9 Å². The summed E-state index contributed by atoms with van der Waals surface area (Å²) in [6.07, 6.45) is 6.35. The number of aromatic nitrogens is 4. The fourth-order valence-corrected chi connectivity index (χ4v) is 1.31. The van der Waals surface area contributed by atoms with E-state index in [-0.39, 0.29) is 0 Å². The molecule has 0 saturated heterocycles. The Bertz CT molecular complexity index is 415. The minimum Gasteiger partial charge on any atom is -0.258 e. The van der Waals surface area contributed by atoms with Crippen LogP contribution >= 0.6 is 11.6 Å². The van der Waals surface area contributed by atoms with Crippen molar-refractivity contribution in [3.63, 3.8) is 0 Å². The Balaban J connectivity index is 2.61. The van der Waals surface area contributed by atoms with E-state index in [0.717, 1.165) is 5.69 Å². The van der Waals surface area contributed by atoms with E-state index in [4.69, 9.17) is 11.6 Å². The van der Waals surface area contributed by atoms with Crippen molar-refractivity contribution in [1.29, 1.82) is 0 Å². The minimum absolute atomic E-state index is 0.344. The summed E-state index contributed by atoms with van der Waals surface area (Å²) < 4.78 is 0. The van der Waals surface area contributed by atoms with Crippen LogP contribution in [-0.4, -0.2) is 19.9 Å². The van der Waals surface area contributed by atoms with Crippen LogP contribution in [0.2, 0.25) is 5.15 Å². The Hall–Kier alpha value is -1.55. The first-order chi connectivity index (χ1) is 6.79. The van der Waals surface area contributed by atoms with Crippen molar-refractivity contribution in [2.45, 2.75) is 6.92 Å². The fourth-order valence-electron chi connectivity index (χ4n) is 1.12. The van der Waals surface area contributed by atoms with Gasteiger partial charge in [-0.2, -0.15) is 0 Å². The van der Waals surface area contributed by atoms with Crippen LogP contribution in [-0.2, 0) is 0 Å². The van der Waals surface area contributed by atoms with Gasteiger partial charge in [0.25, 0.3) is 0 Å². The third kappa shape index (κ3) is 1.56. The predicted octanol–water partition coefficient (Wildman–Crippen LogP) is 1.90. The van der Waals surface area contributed by atoms with Gasteiger partial charge in [-0.3, -0.25) is 9.97 Å². The molecule has 0 spiro atoms. The molecule has 0 aliphatic carbocycles. The number of aryl methyl sites for hydroxylation is 1. The van der Waals surface area contributed by atoms with Crippen molar-refractivity contribution in [2.24, 2.45) is 0 Å². The summed E-state index contributed by atoms with van der Waals surface area (Å²) in [7, 11) is 0. The maximum atomic E-state index is 5.89. The van der Waals surface area contributed by atoms with Crippen molar-refractivity contribution < 1.29 is 0 Å². The first-order valence-electron chi connectivity index (χ1n) is 4.03. The van der Waals surface area contributed by atoms with Crippen molar-refractivity contribution in [2.75, 3.05) is 0 Å². The van der Waals surface area contributed by atoms with Gasteiger partial charge in [-0.05, 0) is 6.92 Å². The van der Waals surface area contributed by atoms with E-state index in [1.54, 1.807) is 18.6 Å². The lowest BCUT2D eigenvalue weighted by Crippen LogP contribution is -1.94. The predicted molar refractivity (Wildman–Crippen MR) is 52.8 cm³/mol. The molecule has 70 valence electrons. The van der Waals surface area contributed by atoms with Crippen LogP contribution in [0.4, 0.5) is 0 Å². The number of halogens is 1. The van der Waals surface area contributed by atoms with E-state index in [0.29, 0.717) is 16.5 Å². The maximum absolute atomic E-state index is 5.89. The first kappa shape index (κ1) is 9.02. The summed E-state index contributed by atoms with van der Waals surface area (Å²) in [5.41, 5.74) is 2.03. The molecule has 2 aromatic heterocycles. The Labute approximate surface area is 86.0 Å². The number of hydrogen-bond acceptors (Lipinski definition) is 4. The fraction of sp³-hybridized carbons (Fsp3) is 0.111. The molecule has 0 aliphatic rings. The van der Waals surface area contributed by atoms with Crippen molar-refractivity contribution >= 4 is 11.6 Å². The van der Waals surface area contributed by atoms with Crippen LogP contribution in [0.5, 0.6) is 0 Å². The van der Waals surface area contributed by atoms with Gasteiger partial charge in [-0.15, -0.1) is 0 Å². The van der Waals surface area contributed by atoms with E-state index >= 15 is 0 Å². The monoisotopic (exact) mass is 206 g/mol. The molecule has 5 heteroatoms. The van der Waals surface area contributed by atoms with E-state index in [1.807, 2.05) is 6.92 Å². The molecule has 0 aliphatic heterocycles. The Morgan fingerprint density at radius 3 is 2.07 bits per heavy atom. The molecular weight excluding hydrogens is 200 g/mol. The van der Waals surface area contributed by atoms with Gasteiger partial charge in [-0.1, -0.05) is 11.6 Å². The topological polar surface area (TPSA) is 51.6 Å². The summed E-state index contributed by atoms with van der Waals surface area (Å²) in [5.74, 6) is 0. The largest absolute Gasteiger partial charge is 0.258 e. The lowest BCUT2D eigenvalue weighted by atomic mass is 10.2.